The van der Waals surface area contributed by atoms with Crippen LogP contribution in [0, 0.1) is 6.92 Å². The molecule has 0 saturated carbocycles. The molecule has 0 saturated heterocycles. The number of nitrogens with one attached hydrogen (secondary N) is 3. The molecule has 180 valence electrons. The van der Waals surface area contributed by atoms with Crippen LogP contribution in [0.5, 0.6) is 11.5 Å². The first kappa shape index (κ1) is 24.4. The number of ether oxygens (including phenoxy) is 1. The molecule has 3 N–H and O–H groups in total. The van der Waals surface area contributed by atoms with Crippen molar-refractivity contribution in [2.45, 2.75) is 6.92 Å². The van der Waals surface area contributed by atoms with E-state index < -0.39 is 5.91 Å². The van der Waals surface area contributed by atoms with Gasteiger partial charge in [-0.15, -0.1) is 0 Å². The molecule has 36 heavy (non-hydrogen) atoms. The normalized spacial score (nSPS) is 10.6. The van der Waals surface area contributed by atoms with Gasteiger partial charge in [0, 0.05) is 28.7 Å². The maximum atomic E-state index is 12.4. The van der Waals surface area contributed by atoms with Crippen molar-refractivity contribution in [3.63, 3.8) is 0 Å². The molecule has 0 atom stereocenters. The van der Waals surface area contributed by atoms with Crippen LogP contribution in [0.15, 0.2) is 96.2 Å². The number of anilines is 2. The first-order valence-corrected chi connectivity index (χ1v) is 11.3. The van der Waals surface area contributed by atoms with E-state index in [1.54, 1.807) is 60.8 Å². The van der Waals surface area contributed by atoms with Gasteiger partial charge in [0.25, 0.3) is 5.91 Å². The molecule has 9 heteroatoms. The molecular formula is C27H22ClN5O3. The van der Waals surface area contributed by atoms with Crippen molar-refractivity contribution >= 4 is 41.1 Å². The zero-order valence-corrected chi connectivity index (χ0v) is 20.0. The standard InChI is InChI=1S/C27H22ClN5O3/c1-18-2-4-19(5-3-18)17-30-33-26(34)25-16-24(14-15-29-25)36-23-12-10-22(11-13-23)32-27(35)31-21-8-6-20(28)7-9-21/h2-17H,1H3,(H,33,34)(H2,31,32,35)/b30-17+. The highest BCUT2D eigenvalue weighted by molar-refractivity contribution is 6.30. The molecule has 3 aromatic carbocycles. The minimum Gasteiger partial charge on any atom is -0.457 e. The fourth-order valence-electron chi connectivity index (χ4n) is 3.04. The van der Waals surface area contributed by atoms with Crippen LogP contribution in [0.2, 0.25) is 5.02 Å². The van der Waals surface area contributed by atoms with Crippen molar-refractivity contribution in [3.05, 3.63) is 113 Å². The van der Waals surface area contributed by atoms with Gasteiger partial charge in [0.05, 0.1) is 6.21 Å². The lowest BCUT2D eigenvalue weighted by Crippen LogP contribution is -2.19. The zero-order valence-electron chi connectivity index (χ0n) is 19.2. The predicted octanol–water partition coefficient (Wildman–Crippen LogP) is 6.24. The van der Waals surface area contributed by atoms with Gasteiger partial charge < -0.3 is 15.4 Å². The third-order valence-corrected chi connectivity index (χ3v) is 5.12. The minimum absolute atomic E-state index is 0.158. The van der Waals surface area contributed by atoms with E-state index in [9.17, 15) is 9.59 Å². The highest BCUT2D eigenvalue weighted by Gasteiger charge is 2.09. The van der Waals surface area contributed by atoms with E-state index in [0.717, 1.165) is 11.1 Å². The molecule has 0 aliphatic heterocycles. The average molecular weight is 500 g/mol. The zero-order chi connectivity index (χ0) is 25.3. The van der Waals surface area contributed by atoms with E-state index in [2.05, 4.69) is 26.1 Å². The lowest BCUT2D eigenvalue weighted by Gasteiger charge is -2.10. The van der Waals surface area contributed by atoms with E-state index in [-0.39, 0.29) is 11.7 Å². The number of pyridine rings is 1. The highest BCUT2D eigenvalue weighted by Crippen LogP contribution is 2.23. The summed E-state index contributed by atoms with van der Waals surface area (Å²) in [6, 6.07) is 24.1. The Morgan fingerprint density at radius 3 is 2.17 bits per heavy atom. The summed E-state index contributed by atoms with van der Waals surface area (Å²) in [4.78, 5) is 28.6. The summed E-state index contributed by atoms with van der Waals surface area (Å²) in [7, 11) is 0. The second kappa shape index (κ2) is 11.6. The fraction of sp³-hybridized carbons (Fsp3) is 0.0370. The molecule has 0 fully saturated rings. The Hall–Kier alpha value is -4.69. The lowest BCUT2D eigenvalue weighted by atomic mass is 10.2. The summed E-state index contributed by atoms with van der Waals surface area (Å²) < 4.78 is 5.82. The van der Waals surface area contributed by atoms with Crippen LogP contribution in [0.4, 0.5) is 16.2 Å². The molecule has 0 radical (unpaired) electrons. The Morgan fingerprint density at radius 2 is 1.50 bits per heavy atom. The van der Waals surface area contributed by atoms with Crippen molar-refractivity contribution in [2.75, 3.05) is 10.6 Å². The van der Waals surface area contributed by atoms with Gasteiger partial charge >= 0.3 is 6.03 Å². The molecule has 0 aliphatic carbocycles. The maximum Gasteiger partial charge on any atom is 0.323 e. The average Bonchev–Trinajstić information content (AvgIpc) is 2.88. The Morgan fingerprint density at radius 1 is 0.861 bits per heavy atom. The van der Waals surface area contributed by atoms with Crippen LogP contribution in [0.3, 0.4) is 0 Å². The van der Waals surface area contributed by atoms with Crippen LogP contribution < -0.4 is 20.8 Å². The second-order valence-corrected chi connectivity index (χ2v) is 8.14. The summed E-state index contributed by atoms with van der Waals surface area (Å²) in [6.45, 7) is 2.00. The topological polar surface area (TPSA) is 105 Å². The van der Waals surface area contributed by atoms with Crippen molar-refractivity contribution in [2.24, 2.45) is 5.10 Å². The summed E-state index contributed by atoms with van der Waals surface area (Å²) in [6.07, 6.45) is 3.04. The van der Waals surface area contributed by atoms with Gasteiger partial charge in [-0.05, 0) is 67.1 Å². The number of hydrogen-bond donors (Lipinski definition) is 3. The number of aromatic nitrogens is 1. The number of halogens is 1. The van der Waals surface area contributed by atoms with Crippen LogP contribution in [-0.2, 0) is 0 Å². The Labute approximate surface area is 213 Å². The minimum atomic E-state index is -0.463. The van der Waals surface area contributed by atoms with Crippen molar-refractivity contribution in [1.29, 1.82) is 0 Å². The van der Waals surface area contributed by atoms with Gasteiger partial charge in [0.1, 0.15) is 17.2 Å². The second-order valence-electron chi connectivity index (χ2n) is 7.70. The van der Waals surface area contributed by atoms with Crippen LogP contribution >= 0.6 is 11.6 Å². The molecule has 4 aromatic rings. The van der Waals surface area contributed by atoms with Gasteiger partial charge in [-0.3, -0.25) is 9.78 Å². The molecule has 3 amide bonds. The monoisotopic (exact) mass is 499 g/mol. The van der Waals surface area contributed by atoms with Crippen molar-refractivity contribution < 1.29 is 14.3 Å². The molecule has 0 aliphatic rings. The van der Waals surface area contributed by atoms with Gasteiger partial charge in [-0.1, -0.05) is 41.4 Å². The largest absolute Gasteiger partial charge is 0.457 e. The van der Waals surface area contributed by atoms with E-state index in [4.69, 9.17) is 16.3 Å². The van der Waals surface area contributed by atoms with E-state index in [1.165, 1.54) is 12.3 Å². The first-order chi connectivity index (χ1) is 17.4. The number of benzene rings is 3. The molecule has 0 bridgehead atoms. The third-order valence-electron chi connectivity index (χ3n) is 4.87. The molecule has 4 rings (SSSR count). The van der Waals surface area contributed by atoms with E-state index in [0.29, 0.717) is 27.9 Å². The van der Waals surface area contributed by atoms with Crippen LogP contribution in [0.25, 0.3) is 0 Å². The van der Waals surface area contributed by atoms with Crippen LogP contribution in [0.1, 0.15) is 21.6 Å². The highest BCUT2D eigenvalue weighted by atomic mass is 35.5. The molecule has 0 unspecified atom stereocenters. The summed E-state index contributed by atoms with van der Waals surface area (Å²) in [5.74, 6) is 0.488. The van der Waals surface area contributed by atoms with Crippen molar-refractivity contribution in [3.8, 4) is 11.5 Å². The summed E-state index contributed by atoms with van der Waals surface area (Å²) in [5, 5.41) is 10.0. The molecule has 1 aromatic heterocycles. The summed E-state index contributed by atoms with van der Waals surface area (Å²) >= 11 is 5.85. The molecule has 8 nitrogen and oxygen atoms in total. The molecule has 0 spiro atoms. The lowest BCUT2D eigenvalue weighted by molar-refractivity contribution is 0.0950. The van der Waals surface area contributed by atoms with Gasteiger partial charge in [-0.25, -0.2) is 10.2 Å². The third kappa shape index (κ3) is 7.15. The van der Waals surface area contributed by atoms with Crippen LogP contribution in [-0.4, -0.2) is 23.1 Å². The Kier molecular flexibility index (Phi) is 7.90. The number of urea groups is 1. The van der Waals surface area contributed by atoms with Crippen molar-refractivity contribution in [1.82, 2.24) is 10.4 Å². The first-order valence-electron chi connectivity index (χ1n) is 10.9. The maximum absolute atomic E-state index is 12.4. The molecule has 1 heterocycles. The number of carbonyl (C=O) groups excluding carboxylic acids is 2. The summed E-state index contributed by atoms with van der Waals surface area (Å²) in [5.41, 5.74) is 5.82. The van der Waals surface area contributed by atoms with E-state index >= 15 is 0 Å². The molecular weight excluding hydrogens is 478 g/mol. The number of nitrogens with zero attached hydrogens (tertiary/aromatic N) is 2. The van der Waals surface area contributed by atoms with Gasteiger partial charge in [0.15, 0.2) is 0 Å². The van der Waals surface area contributed by atoms with Gasteiger partial charge in [0.2, 0.25) is 0 Å². The number of hydrogen-bond acceptors (Lipinski definition) is 5. The van der Waals surface area contributed by atoms with Gasteiger partial charge in [-0.2, -0.15) is 5.10 Å². The fourth-order valence-corrected chi connectivity index (χ4v) is 3.17. The number of carbonyl (C=O) groups is 2. The van der Waals surface area contributed by atoms with E-state index in [1.807, 2.05) is 31.2 Å². The number of amides is 3. The number of rotatable bonds is 7. The number of aryl methyl sites for hydroxylation is 1. The predicted molar refractivity (Wildman–Crippen MR) is 141 cm³/mol. The Bertz CT molecular complexity index is 1370. The SMILES string of the molecule is Cc1ccc(/C=N/NC(=O)c2cc(Oc3ccc(NC(=O)Nc4ccc(Cl)cc4)cc3)ccn2)cc1. The smallest absolute Gasteiger partial charge is 0.323 e. The number of hydrazone groups is 1. The quantitative estimate of drug-likeness (QED) is 0.206. The Balaban J connectivity index is 1.31.